The molecule has 35 heavy (non-hydrogen) atoms. The molecule has 0 radical (unpaired) electrons. The predicted octanol–water partition coefficient (Wildman–Crippen LogP) is 5.26. The zero-order valence-electron chi connectivity index (χ0n) is 19.1. The number of pyridine rings is 1. The van der Waals surface area contributed by atoms with Gasteiger partial charge in [-0.05, 0) is 53.3 Å². The van der Waals surface area contributed by atoms with Crippen LogP contribution >= 0.6 is 0 Å². The zero-order chi connectivity index (χ0) is 24.6. The van der Waals surface area contributed by atoms with E-state index in [0.29, 0.717) is 30.7 Å². The highest BCUT2D eigenvalue weighted by Crippen LogP contribution is 2.31. The number of carbonyl (C=O) groups is 1. The maximum Gasteiger partial charge on any atom is 0.341 e. The standard InChI is InChI=1S/C29H26FNO4/c30-26-15-14-25(35-20-28(33)34)18-23(26)12-7-17-31-19-24(13-16-27(31)32)29(21-8-3-1-4-9-21)22-10-5-2-6-11-22/h1-6,8-11,13-16,18-19,29H,7,12,17,20H2,(H,33,34). The van der Waals surface area contributed by atoms with Gasteiger partial charge in [-0.2, -0.15) is 0 Å². The van der Waals surface area contributed by atoms with Crippen molar-refractivity contribution >= 4 is 5.97 Å². The summed E-state index contributed by atoms with van der Waals surface area (Å²) in [5.74, 6) is -1.21. The van der Waals surface area contributed by atoms with Gasteiger partial charge in [-0.3, -0.25) is 4.79 Å². The third-order valence-electron chi connectivity index (χ3n) is 5.83. The smallest absolute Gasteiger partial charge is 0.341 e. The topological polar surface area (TPSA) is 68.5 Å². The van der Waals surface area contributed by atoms with Crippen molar-refractivity contribution in [3.05, 3.63) is 136 Å². The zero-order valence-corrected chi connectivity index (χ0v) is 19.1. The van der Waals surface area contributed by atoms with Crippen LogP contribution in [0.1, 0.15) is 34.6 Å². The number of benzene rings is 3. The molecule has 1 aromatic heterocycles. The lowest BCUT2D eigenvalue weighted by molar-refractivity contribution is -0.139. The van der Waals surface area contributed by atoms with Gasteiger partial charge in [0.25, 0.3) is 5.56 Å². The van der Waals surface area contributed by atoms with E-state index in [1.807, 2.05) is 48.7 Å². The summed E-state index contributed by atoms with van der Waals surface area (Å²) >= 11 is 0. The Kier molecular flexibility index (Phi) is 7.73. The van der Waals surface area contributed by atoms with E-state index in [2.05, 4.69) is 24.3 Å². The number of halogens is 1. The van der Waals surface area contributed by atoms with Crippen molar-refractivity contribution in [3.63, 3.8) is 0 Å². The summed E-state index contributed by atoms with van der Waals surface area (Å²) in [5.41, 5.74) is 3.56. The van der Waals surface area contributed by atoms with Crippen LogP contribution in [0, 0.1) is 5.82 Å². The minimum Gasteiger partial charge on any atom is -0.482 e. The van der Waals surface area contributed by atoms with E-state index in [1.54, 1.807) is 10.6 Å². The summed E-state index contributed by atoms with van der Waals surface area (Å²) in [6, 6.07) is 27.9. The minimum absolute atomic E-state index is 0.0234. The van der Waals surface area contributed by atoms with Gasteiger partial charge < -0.3 is 14.4 Å². The fourth-order valence-electron chi connectivity index (χ4n) is 4.18. The van der Waals surface area contributed by atoms with Crippen LogP contribution in [0.25, 0.3) is 0 Å². The Labute approximate surface area is 203 Å². The molecule has 178 valence electrons. The molecule has 5 nitrogen and oxygen atoms in total. The van der Waals surface area contributed by atoms with E-state index in [4.69, 9.17) is 9.84 Å². The van der Waals surface area contributed by atoms with Crippen LogP contribution < -0.4 is 10.3 Å². The molecule has 0 aliphatic rings. The summed E-state index contributed by atoms with van der Waals surface area (Å²) in [5, 5.41) is 8.77. The number of hydrogen-bond donors (Lipinski definition) is 1. The summed E-state index contributed by atoms with van der Waals surface area (Å²) in [6.45, 7) is -0.0696. The highest BCUT2D eigenvalue weighted by atomic mass is 19.1. The molecule has 0 saturated carbocycles. The summed E-state index contributed by atoms with van der Waals surface area (Å²) in [4.78, 5) is 23.3. The summed E-state index contributed by atoms with van der Waals surface area (Å²) in [6.07, 6.45) is 2.80. The average Bonchev–Trinajstić information content (AvgIpc) is 2.87. The molecule has 1 N–H and O–H groups in total. The molecule has 0 aliphatic heterocycles. The van der Waals surface area contributed by atoms with Gasteiger partial charge in [-0.1, -0.05) is 66.7 Å². The first-order chi connectivity index (χ1) is 17.0. The molecule has 0 spiro atoms. The van der Waals surface area contributed by atoms with Gasteiger partial charge >= 0.3 is 5.97 Å². The van der Waals surface area contributed by atoms with E-state index in [1.165, 1.54) is 18.2 Å². The molecule has 0 bridgehead atoms. The molecule has 0 saturated heterocycles. The van der Waals surface area contributed by atoms with Crippen molar-refractivity contribution in [3.8, 4) is 5.75 Å². The fourth-order valence-corrected chi connectivity index (χ4v) is 4.18. The molecule has 0 unspecified atom stereocenters. The predicted molar refractivity (Wildman–Crippen MR) is 132 cm³/mol. The number of nitrogens with zero attached hydrogens (tertiary/aromatic N) is 1. The third kappa shape index (κ3) is 6.23. The quantitative estimate of drug-likeness (QED) is 0.342. The maximum atomic E-state index is 14.3. The number of hydrogen-bond acceptors (Lipinski definition) is 3. The molecule has 0 amide bonds. The number of rotatable bonds is 10. The SMILES string of the molecule is O=C(O)COc1ccc(F)c(CCCn2cc(C(c3ccccc3)c3ccccc3)ccc2=O)c1. The summed E-state index contributed by atoms with van der Waals surface area (Å²) in [7, 11) is 0. The number of carboxylic acid groups (broad SMARTS) is 1. The van der Waals surface area contributed by atoms with Crippen LogP contribution in [-0.2, 0) is 17.8 Å². The number of aliphatic carboxylic acids is 1. The molecule has 4 rings (SSSR count). The average molecular weight is 472 g/mol. The molecule has 0 aliphatic carbocycles. The van der Waals surface area contributed by atoms with E-state index < -0.39 is 12.6 Å². The number of aryl methyl sites for hydroxylation is 2. The Morgan fingerprint density at radius 3 is 2.17 bits per heavy atom. The van der Waals surface area contributed by atoms with Crippen LogP contribution in [0.4, 0.5) is 4.39 Å². The largest absolute Gasteiger partial charge is 0.482 e. The lowest BCUT2D eigenvalue weighted by Crippen LogP contribution is -2.20. The Hall–Kier alpha value is -4.19. The van der Waals surface area contributed by atoms with Gasteiger partial charge in [0.1, 0.15) is 11.6 Å². The van der Waals surface area contributed by atoms with E-state index in [9.17, 15) is 14.0 Å². The lowest BCUT2D eigenvalue weighted by atomic mass is 9.86. The Morgan fingerprint density at radius 1 is 0.886 bits per heavy atom. The van der Waals surface area contributed by atoms with E-state index >= 15 is 0 Å². The van der Waals surface area contributed by atoms with Crippen LogP contribution in [0.15, 0.2) is 102 Å². The highest BCUT2D eigenvalue weighted by molar-refractivity contribution is 5.68. The maximum absolute atomic E-state index is 14.3. The van der Waals surface area contributed by atoms with Crippen molar-refractivity contribution in [2.45, 2.75) is 25.3 Å². The number of aromatic nitrogens is 1. The first-order valence-electron chi connectivity index (χ1n) is 11.4. The lowest BCUT2D eigenvalue weighted by Gasteiger charge is -2.20. The second-order valence-corrected chi connectivity index (χ2v) is 8.29. The normalized spacial score (nSPS) is 10.9. The Balaban J connectivity index is 1.53. The fraction of sp³-hybridized carbons (Fsp3) is 0.172. The minimum atomic E-state index is -1.10. The van der Waals surface area contributed by atoms with Crippen LogP contribution in [0.5, 0.6) is 5.75 Å². The second-order valence-electron chi connectivity index (χ2n) is 8.29. The van der Waals surface area contributed by atoms with Gasteiger partial charge in [0.15, 0.2) is 6.61 Å². The molecule has 6 heteroatoms. The van der Waals surface area contributed by atoms with Gasteiger partial charge in [0.05, 0.1) is 0 Å². The molecular weight excluding hydrogens is 445 g/mol. The Morgan fingerprint density at radius 2 is 1.54 bits per heavy atom. The molecule has 0 fully saturated rings. The van der Waals surface area contributed by atoms with Gasteiger partial charge in [0, 0.05) is 24.7 Å². The highest BCUT2D eigenvalue weighted by Gasteiger charge is 2.17. The second kappa shape index (κ2) is 11.3. The van der Waals surface area contributed by atoms with Crippen LogP contribution in [-0.4, -0.2) is 22.2 Å². The van der Waals surface area contributed by atoms with E-state index in [0.717, 1.165) is 16.7 Å². The van der Waals surface area contributed by atoms with E-state index in [-0.39, 0.29) is 17.3 Å². The monoisotopic (exact) mass is 471 g/mol. The van der Waals surface area contributed by atoms with Gasteiger partial charge in [-0.15, -0.1) is 0 Å². The first-order valence-corrected chi connectivity index (χ1v) is 11.4. The van der Waals surface area contributed by atoms with Crippen molar-refractivity contribution in [1.82, 2.24) is 4.57 Å². The Bertz CT molecular complexity index is 1300. The molecule has 1 heterocycles. The van der Waals surface area contributed by atoms with Crippen molar-refractivity contribution < 1.29 is 19.0 Å². The van der Waals surface area contributed by atoms with Crippen molar-refractivity contribution in [1.29, 1.82) is 0 Å². The molecule has 0 atom stereocenters. The van der Waals surface area contributed by atoms with Crippen LogP contribution in [0.3, 0.4) is 0 Å². The van der Waals surface area contributed by atoms with Crippen molar-refractivity contribution in [2.24, 2.45) is 0 Å². The number of carboxylic acids is 1. The third-order valence-corrected chi connectivity index (χ3v) is 5.83. The molecular formula is C29H26FNO4. The van der Waals surface area contributed by atoms with Gasteiger partial charge in [-0.25, -0.2) is 9.18 Å². The molecule has 3 aromatic carbocycles. The van der Waals surface area contributed by atoms with Gasteiger partial charge in [0.2, 0.25) is 0 Å². The number of ether oxygens (including phenoxy) is 1. The first kappa shape index (κ1) is 24.0. The molecule has 4 aromatic rings. The van der Waals surface area contributed by atoms with Crippen LogP contribution in [0.2, 0.25) is 0 Å². The van der Waals surface area contributed by atoms with Crippen molar-refractivity contribution in [2.75, 3.05) is 6.61 Å². The summed E-state index contributed by atoms with van der Waals surface area (Å²) < 4.78 is 21.1.